The van der Waals surface area contributed by atoms with Crippen LogP contribution in [-0.4, -0.2) is 147 Å². The number of anilines is 1. The number of amides is 1. The van der Waals surface area contributed by atoms with Crippen LogP contribution in [-0.2, 0) is 17.8 Å². The summed E-state index contributed by atoms with van der Waals surface area (Å²) in [7, 11) is 0. The third kappa shape index (κ3) is 9.71. The fraction of sp³-hybridized carbons (Fsp3) is 0.404. The standard InChI is InChI=1S/C52H57F3N14O5/c1-31(2)45-37-25-39(43(70)27-41(37)57-59-45)47-61-62-49(50(72)56-30-52(53,54)55)68(47)35-13-11-34(12-14-35)66-18-15-64(16-19-66)17-20-67-51(73)69(36-9-7-32(8-10-36)29-65-21-23-74-24-22-65)48(63-67)40-26-38-42(28-44(40)71)58-60-46(38)33-5-3-4-6-33/h7-14,25-28,31,33,70-71H,3-6,15-24,29-30H2,1-2H3,(H,56,72)(H,57,59)(H,58,60). The van der Waals surface area contributed by atoms with Gasteiger partial charge in [-0.3, -0.25) is 29.4 Å². The Labute approximate surface area is 422 Å². The van der Waals surface area contributed by atoms with Gasteiger partial charge in [0.05, 0.1) is 47.6 Å². The molecule has 2 aliphatic heterocycles. The Bertz CT molecular complexity index is 3370. The second kappa shape index (κ2) is 20.0. The van der Waals surface area contributed by atoms with E-state index in [0.717, 1.165) is 73.3 Å². The van der Waals surface area contributed by atoms with Crippen molar-refractivity contribution in [1.82, 2.24) is 64.6 Å². The molecule has 1 amide bonds. The molecule has 8 aromatic rings. The third-order valence-electron chi connectivity index (χ3n) is 14.6. The molecule has 2 saturated heterocycles. The van der Waals surface area contributed by atoms with Crippen LogP contribution in [0, 0.1) is 0 Å². The Kier molecular flexibility index (Phi) is 13.2. The van der Waals surface area contributed by atoms with Gasteiger partial charge in [0.15, 0.2) is 11.6 Å². The molecule has 22 heteroatoms. The lowest BCUT2D eigenvalue weighted by Gasteiger charge is -2.36. The second-order valence-corrected chi connectivity index (χ2v) is 19.7. The number of halogens is 3. The van der Waals surface area contributed by atoms with Crippen molar-refractivity contribution in [3.8, 4) is 45.6 Å². The molecule has 0 spiro atoms. The van der Waals surface area contributed by atoms with E-state index in [-0.39, 0.29) is 40.3 Å². The number of phenolic OH excluding ortho intramolecular Hbond substituents is 2. The van der Waals surface area contributed by atoms with Crippen molar-refractivity contribution < 1.29 is 32.9 Å². The van der Waals surface area contributed by atoms with Crippen LogP contribution in [0.3, 0.4) is 0 Å². The average Bonchev–Trinajstić information content (AvgIpc) is 4.27. The maximum absolute atomic E-state index is 14.5. The zero-order chi connectivity index (χ0) is 51.3. The topological polar surface area (TPSA) is 216 Å². The Balaban J connectivity index is 0.825. The van der Waals surface area contributed by atoms with E-state index < -0.39 is 18.6 Å². The van der Waals surface area contributed by atoms with Gasteiger partial charge in [-0.1, -0.05) is 38.8 Å². The van der Waals surface area contributed by atoms with E-state index in [0.29, 0.717) is 97.6 Å². The minimum Gasteiger partial charge on any atom is -0.507 e. The fourth-order valence-electron chi connectivity index (χ4n) is 10.6. The number of aromatic hydroxyl groups is 2. The zero-order valence-electron chi connectivity index (χ0n) is 41.1. The molecule has 1 saturated carbocycles. The number of H-pyrrole nitrogens is 2. The summed E-state index contributed by atoms with van der Waals surface area (Å²) >= 11 is 0. The normalized spacial score (nSPS) is 16.4. The molecular weight excluding hydrogens is 958 g/mol. The number of hydrogen-bond acceptors (Lipinski definition) is 13. The number of aromatic nitrogens is 10. The molecule has 1 aliphatic carbocycles. The van der Waals surface area contributed by atoms with Gasteiger partial charge in [-0.2, -0.15) is 23.4 Å². The SMILES string of the molecule is CC(C)c1[nH]nc2cc(O)c(-c3nnc(C(=O)NCC(F)(F)F)n3-c3ccc(N4CCN(CCn5nc(-c6cc7c(C8CCCC8)[nH]nc7cc6O)n(-c6ccc(CN7CCOCC7)cc6)c5=O)CC4)cc3)cc12. The van der Waals surface area contributed by atoms with Crippen molar-refractivity contribution in [2.45, 2.75) is 70.6 Å². The third-order valence-corrected chi connectivity index (χ3v) is 14.6. The number of carbonyl (C=O) groups excluding carboxylic acids is 1. The highest BCUT2D eigenvalue weighted by atomic mass is 19.4. The Morgan fingerprint density at radius 1 is 0.757 bits per heavy atom. The number of ether oxygens (including phenoxy) is 1. The van der Waals surface area contributed by atoms with Crippen LogP contribution in [0.4, 0.5) is 18.9 Å². The minimum absolute atomic E-state index is 0.0192. The van der Waals surface area contributed by atoms with Crippen LogP contribution in [0.25, 0.3) is 56.0 Å². The van der Waals surface area contributed by atoms with Crippen molar-refractivity contribution >= 4 is 33.4 Å². The van der Waals surface area contributed by atoms with Crippen molar-refractivity contribution in [2.75, 3.05) is 70.5 Å². The monoisotopic (exact) mass is 1010 g/mol. The Morgan fingerprint density at radius 2 is 1.38 bits per heavy atom. The van der Waals surface area contributed by atoms with Crippen LogP contribution < -0.4 is 15.9 Å². The van der Waals surface area contributed by atoms with Crippen LogP contribution in [0.15, 0.2) is 77.6 Å². The largest absolute Gasteiger partial charge is 0.507 e. The van der Waals surface area contributed by atoms with Crippen LogP contribution in [0.1, 0.15) is 78.9 Å². The lowest BCUT2D eigenvalue weighted by molar-refractivity contribution is -0.123. The number of rotatable bonds is 14. The van der Waals surface area contributed by atoms with Gasteiger partial charge in [-0.15, -0.1) is 15.3 Å². The number of alkyl halides is 3. The van der Waals surface area contributed by atoms with E-state index in [1.165, 1.54) is 15.3 Å². The predicted octanol–water partition coefficient (Wildman–Crippen LogP) is 6.84. The smallest absolute Gasteiger partial charge is 0.405 e. The molecule has 386 valence electrons. The van der Waals surface area contributed by atoms with Gasteiger partial charge in [0.1, 0.15) is 18.0 Å². The predicted molar refractivity (Wildman–Crippen MR) is 271 cm³/mol. The first-order valence-electron chi connectivity index (χ1n) is 25.2. The molecule has 0 atom stereocenters. The van der Waals surface area contributed by atoms with E-state index >= 15 is 0 Å². The summed E-state index contributed by atoms with van der Waals surface area (Å²) in [5.41, 5.74) is 6.38. The Hall–Kier alpha value is -7.56. The summed E-state index contributed by atoms with van der Waals surface area (Å²) in [6.07, 6.45) is -0.226. The summed E-state index contributed by atoms with van der Waals surface area (Å²) in [6, 6.07) is 21.8. The van der Waals surface area contributed by atoms with Gasteiger partial charge in [0, 0.05) is 104 Å². The van der Waals surface area contributed by atoms with Crippen LogP contribution in [0.2, 0.25) is 0 Å². The molecular formula is C52H57F3N14O5. The maximum Gasteiger partial charge on any atom is 0.405 e. The van der Waals surface area contributed by atoms with E-state index in [1.54, 1.807) is 28.8 Å². The molecule has 4 aromatic heterocycles. The minimum atomic E-state index is -4.66. The van der Waals surface area contributed by atoms with Crippen LogP contribution in [0.5, 0.6) is 11.5 Å². The van der Waals surface area contributed by atoms with Gasteiger partial charge < -0.3 is 25.2 Å². The molecule has 74 heavy (non-hydrogen) atoms. The number of benzene rings is 4. The van der Waals surface area contributed by atoms with Gasteiger partial charge in [0.2, 0.25) is 5.82 Å². The van der Waals surface area contributed by atoms with Gasteiger partial charge in [-0.05, 0) is 72.9 Å². The molecule has 19 nitrogen and oxygen atoms in total. The summed E-state index contributed by atoms with van der Waals surface area (Å²) in [4.78, 5) is 34.6. The first-order chi connectivity index (χ1) is 35.8. The molecule has 0 radical (unpaired) electrons. The molecule has 11 rings (SSSR count). The number of piperazine rings is 1. The molecule has 0 unspecified atom stereocenters. The van der Waals surface area contributed by atoms with Gasteiger partial charge >= 0.3 is 11.9 Å². The highest BCUT2D eigenvalue weighted by molar-refractivity contribution is 5.94. The number of nitrogens with zero attached hydrogens (tertiary/aromatic N) is 11. The quantitative estimate of drug-likeness (QED) is 0.0755. The highest BCUT2D eigenvalue weighted by Gasteiger charge is 2.32. The van der Waals surface area contributed by atoms with Gasteiger partial charge in [-0.25, -0.2) is 14.0 Å². The van der Waals surface area contributed by atoms with E-state index in [1.807, 2.05) is 61.6 Å². The summed E-state index contributed by atoms with van der Waals surface area (Å²) in [5, 5.41) is 54.5. The number of nitrogens with one attached hydrogen (secondary N) is 3. The molecule has 3 aliphatic rings. The van der Waals surface area contributed by atoms with Crippen molar-refractivity contribution in [2.24, 2.45) is 0 Å². The molecule has 0 bridgehead atoms. The summed E-state index contributed by atoms with van der Waals surface area (Å²) in [6.45, 7) is 9.75. The van der Waals surface area contributed by atoms with Crippen molar-refractivity contribution in [1.29, 1.82) is 0 Å². The fourth-order valence-corrected chi connectivity index (χ4v) is 10.6. The van der Waals surface area contributed by atoms with Crippen molar-refractivity contribution in [3.63, 3.8) is 0 Å². The lowest BCUT2D eigenvalue weighted by atomic mass is 9.99. The Morgan fingerprint density at radius 3 is 2.07 bits per heavy atom. The maximum atomic E-state index is 14.5. The van der Waals surface area contributed by atoms with E-state index in [2.05, 4.69) is 45.3 Å². The number of morpholine rings is 1. The molecule has 4 aromatic carbocycles. The summed E-state index contributed by atoms with van der Waals surface area (Å²) < 4.78 is 49.6. The van der Waals surface area contributed by atoms with E-state index in [4.69, 9.17) is 9.84 Å². The van der Waals surface area contributed by atoms with Crippen molar-refractivity contribution in [3.05, 3.63) is 106 Å². The van der Waals surface area contributed by atoms with E-state index in [9.17, 15) is 33.0 Å². The number of phenols is 2. The number of aromatic amines is 2. The van der Waals surface area contributed by atoms with Gasteiger partial charge in [0.25, 0.3) is 5.91 Å². The zero-order valence-corrected chi connectivity index (χ0v) is 41.1. The molecule has 6 heterocycles. The van der Waals surface area contributed by atoms with Crippen LogP contribution >= 0.6 is 0 Å². The first kappa shape index (κ1) is 48.7. The summed E-state index contributed by atoms with van der Waals surface area (Å²) in [5.74, 6) is -0.908. The average molecular weight is 1020 g/mol. The second-order valence-electron chi connectivity index (χ2n) is 19.7. The molecule has 3 fully saturated rings. The highest BCUT2D eigenvalue weighted by Crippen LogP contribution is 2.41. The number of hydrogen-bond donors (Lipinski definition) is 5. The number of carbonyl (C=O) groups is 1. The first-order valence-corrected chi connectivity index (χ1v) is 25.2. The number of fused-ring (bicyclic) bond motifs is 2. The lowest BCUT2D eigenvalue weighted by Crippen LogP contribution is -2.47. The molecule has 5 N–H and O–H groups in total.